The molecule has 4 nitrogen and oxygen atoms in total. The number of hydrogen-bond acceptors (Lipinski definition) is 3. The van der Waals surface area contributed by atoms with Crippen molar-refractivity contribution in [2.24, 2.45) is 11.8 Å². The molecule has 1 aliphatic carbocycles. The summed E-state index contributed by atoms with van der Waals surface area (Å²) in [5, 5.41) is 18.5. The highest BCUT2D eigenvalue weighted by molar-refractivity contribution is 5.84. The zero-order valence-corrected chi connectivity index (χ0v) is 14.0. The molecule has 3 unspecified atom stereocenters. The minimum atomic E-state index is -0.853. The number of Topliss-reactive ketones (excluding diaryl/α,β-unsaturated/α-hetero) is 1. The SMILES string of the molecule is CCCCCC(O)/C=C/C1CCC(=O)C1CC#CCCC(=O)O. The molecule has 128 valence electrons. The Balaban J connectivity index is 2.44. The third-order valence-electron chi connectivity index (χ3n) is 4.25. The minimum Gasteiger partial charge on any atom is -0.481 e. The van der Waals surface area contributed by atoms with Gasteiger partial charge in [0.15, 0.2) is 0 Å². The van der Waals surface area contributed by atoms with Crippen LogP contribution in [0.4, 0.5) is 0 Å². The van der Waals surface area contributed by atoms with Gasteiger partial charge in [-0.05, 0) is 18.8 Å². The van der Waals surface area contributed by atoms with Crippen molar-refractivity contribution in [2.45, 2.75) is 70.8 Å². The van der Waals surface area contributed by atoms with Gasteiger partial charge < -0.3 is 10.2 Å². The van der Waals surface area contributed by atoms with E-state index in [-0.39, 0.29) is 24.0 Å². The van der Waals surface area contributed by atoms with Crippen LogP contribution < -0.4 is 0 Å². The second kappa shape index (κ2) is 11.0. The van der Waals surface area contributed by atoms with Gasteiger partial charge in [0, 0.05) is 25.2 Å². The lowest BCUT2D eigenvalue weighted by Gasteiger charge is -2.12. The summed E-state index contributed by atoms with van der Waals surface area (Å²) in [6.45, 7) is 2.13. The Morgan fingerprint density at radius 2 is 2.17 bits per heavy atom. The van der Waals surface area contributed by atoms with Crippen molar-refractivity contribution in [3.8, 4) is 11.8 Å². The highest BCUT2D eigenvalue weighted by atomic mass is 16.4. The zero-order valence-electron chi connectivity index (χ0n) is 14.0. The quantitative estimate of drug-likeness (QED) is 0.388. The summed E-state index contributed by atoms with van der Waals surface area (Å²) in [5.74, 6) is 5.19. The number of carboxylic acid groups (broad SMARTS) is 1. The minimum absolute atomic E-state index is 0.0406. The van der Waals surface area contributed by atoms with Crippen molar-refractivity contribution in [3.63, 3.8) is 0 Å². The van der Waals surface area contributed by atoms with Crippen molar-refractivity contribution in [1.29, 1.82) is 0 Å². The summed E-state index contributed by atoms with van der Waals surface area (Å²) in [6.07, 6.45) is 9.66. The van der Waals surface area contributed by atoms with Gasteiger partial charge in [-0.3, -0.25) is 9.59 Å². The number of aliphatic carboxylic acids is 1. The van der Waals surface area contributed by atoms with Crippen LogP contribution in [-0.2, 0) is 9.59 Å². The van der Waals surface area contributed by atoms with Gasteiger partial charge in [-0.15, -0.1) is 11.8 Å². The monoisotopic (exact) mass is 320 g/mol. The van der Waals surface area contributed by atoms with Crippen molar-refractivity contribution in [2.75, 3.05) is 0 Å². The van der Waals surface area contributed by atoms with Crippen molar-refractivity contribution in [1.82, 2.24) is 0 Å². The molecule has 1 aliphatic rings. The number of allylic oxidation sites excluding steroid dienone is 1. The molecule has 3 atom stereocenters. The molecule has 23 heavy (non-hydrogen) atoms. The van der Waals surface area contributed by atoms with Gasteiger partial charge in [-0.2, -0.15) is 0 Å². The van der Waals surface area contributed by atoms with Crippen LogP contribution in [-0.4, -0.2) is 28.1 Å². The summed E-state index contributed by atoms with van der Waals surface area (Å²) in [5.41, 5.74) is 0. The molecule has 0 aromatic carbocycles. The number of unbranched alkanes of at least 4 members (excludes halogenated alkanes) is 2. The Hall–Kier alpha value is -1.60. The van der Waals surface area contributed by atoms with E-state index in [4.69, 9.17) is 5.11 Å². The standard InChI is InChI=1S/C19H28O4/c1-2-3-5-8-16(20)13-11-15-12-14-18(21)17(15)9-6-4-7-10-19(22)23/h11,13,15-17,20H,2-3,5,7-10,12,14H2,1H3,(H,22,23)/b13-11+. The predicted octanol–water partition coefficient (Wildman–Crippen LogP) is 3.34. The van der Waals surface area contributed by atoms with E-state index in [1.54, 1.807) is 0 Å². The molecule has 0 saturated heterocycles. The van der Waals surface area contributed by atoms with E-state index in [1.807, 2.05) is 12.2 Å². The first-order valence-corrected chi connectivity index (χ1v) is 8.61. The van der Waals surface area contributed by atoms with Crippen molar-refractivity contribution in [3.05, 3.63) is 12.2 Å². The summed E-state index contributed by atoms with van der Waals surface area (Å²) in [4.78, 5) is 22.4. The molecule has 0 heterocycles. The molecule has 1 rings (SSSR count). The molecule has 0 amide bonds. The molecule has 0 spiro atoms. The molecule has 1 fully saturated rings. The zero-order chi connectivity index (χ0) is 17.1. The maximum absolute atomic E-state index is 12.0. The molecular formula is C19H28O4. The number of carbonyl (C=O) groups excluding carboxylic acids is 1. The molecular weight excluding hydrogens is 292 g/mol. The van der Waals surface area contributed by atoms with Gasteiger partial charge >= 0.3 is 5.97 Å². The van der Waals surface area contributed by atoms with Gasteiger partial charge in [0.1, 0.15) is 5.78 Å². The lowest BCUT2D eigenvalue weighted by molar-refractivity contribution is -0.136. The highest BCUT2D eigenvalue weighted by Gasteiger charge is 2.32. The molecule has 0 aliphatic heterocycles. The van der Waals surface area contributed by atoms with Gasteiger partial charge in [0.25, 0.3) is 0 Å². The maximum atomic E-state index is 12.0. The number of aliphatic hydroxyl groups is 1. The lowest BCUT2D eigenvalue weighted by atomic mass is 9.91. The number of aliphatic hydroxyl groups excluding tert-OH is 1. The second-order valence-electron chi connectivity index (χ2n) is 6.17. The van der Waals surface area contributed by atoms with Gasteiger partial charge in [0.05, 0.1) is 12.5 Å². The third kappa shape index (κ3) is 7.99. The Kier molecular flexibility index (Phi) is 9.31. The molecule has 0 bridgehead atoms. The molecule has 4 heteroatoms. The second-order valence-corrected chi connectivity index (χ2v) is 6.17. The number of carboxylic acids is 1. The smallest absolute Gasteiger partial charge is 0.304 e. The summed E-state index contributed by atoms with van der Waals surface area (Å²) in [7, 11) is 0. The molecule has 0 aromatic heterocycles. The fraction of sp³-hybridized carbons (Fsp3) is 0.684. The first-order valence-electron chi connectivity index (χ1n) is 8.61. The van der Waals surface area contributed by atoms with Crippen molar-refractivity contribution < 1.29 is 19.8 Å². The first kappa shape index (κ1) is 19.4. The fourth-order valence-electron chi connectivity index (χ4n) is 2.84. The number of rotatable bonds is 9. The molecule has 1 saturated carbocycles. The molecule has 0 aromatic rings. The maximum Gasteiger partial charge on any atom is 0.304 e. The molecule has 0 radical (unpaired) electrons. The van der Waals surface area contributed by atoms with Crippen LogP contribution in [0.5, 0.6) is 0 Å². The van der Waals surface area contributed by atoms with E-state index in [2.05, 4.69) is 18.8 Å². The Morgan fingerprint density at radius 3 is 2.87 bits per heavy atom. The van der Waals surface area contributed by atoms with E-state index in [1.165, 1.54) is 0 Å². The number of ketones is 1. The lowest BCUT2D eigenvalue weighted by Crippen LogP contribution is -2.13. The predicted molar refractivity (Wildman–Crippen MR) is 89.8 cm³/mol. The van der Waals surface area contributed by atoms with E-state index in [0.717, 1.165) is 32.1 Å². The van der Waals surface area contributed by atoms with Crippen LogP contribution in [0.3, 0.4) is 0 Å². The van der Waals surface area contributed by atoms with Gasteiger partial charge in [-0.1, -0.05) is 38.3 Å². The van der Waals surface area contributed by atoms with Crippen LogP contribution >= 0.6 is 0 Å². The van der Waals surface area contributed by atoms with E-state index in [9.17, 15) is 14.7 Å². The van der Waals surface area contributed by atoms with Crippen LogP contribution in [0.2, 0.25) is 0 Å². The third-order valence-corrected chi connectivity index (χ3v) is 4.25. The van der Waals surface area contributed by atoms with Crippen molar-refractivity contribution >= 4 is 11.8 Å². The number of carbonyl (C=O) groups is 2. The summed E-state index contributed by atoms with van der Waals surface area (Å²) in [6, 6.07) is 0. The topological polar surface area (TPSA) is 74.6 Å². The van der Waals surface area contributed by atoms with Crippen LogP contribution in [0, 0.1) is 23.7 Å². The highest BCUT2D eigenvalue weighted by Crippen LogP contribution is 2.32. The Bertz CT molecular complexity index is 469. The Labute approximate surface area is 139 Å². The van der Waals surface area contributed by atoms with E-state index >= 15 is 0 Å². The molecule has 2 N–H and O–H groups in total. The Morgan fingerprint density at radius 1 is 1.39 bits per heavy atom. The summed E-state index contributed by atoms with van der Waals surface area (Å²) < 4.78 is 0. The average Bonchev–Trinajstić information content (AvgIpc) is 2.85. The average molecular weight is 320 g/mol. The van der Waals surface area contributed by atoms with E-state index in [0.29, 0.717) is 19.3 Å². The fourth-order valence-corrected chi connectivity index (χ4v) is 2.84. The van der Waals surface area contributed by atoms with Crippen LogP contribution in [0.25, 0.3) is 0 Å². The van der Waals surface area contributed by atoms with Crippen LogP contribution in [0.15, 0.2) is 12.2 Å². The number of hydrogen-bond donors (Lipinski definition) is 2. The summed E-state index contributed by atoms with van der Waals surface area (Å²) >= 11 is 0. The van der Waals surface area contributed by atoms with Crippen LogP contribution in [0.1, 0.15) is 64.7 Å². The largest absolute Gasteiger partial charge is 0.481 e. The van der Waals surface area contributed by atoms with E-state index < -0.39 is 12.1 Å². The first-order chi connectivity index (χ1) is 11.0. The van der Waals surface area contributed by atoms with Gasteiger partial charge in [0.2, 0.25) is 0 Å². The van der Waals surface area contributed by atoms with Gasteiger partial charge in [-0.25, -0.2) is 0 Å². The normalized spacial score (nSPS) is 22.1.